The Labute approximate surface area is 82.6 Å². The predicted octanol–water partition coefficient (Wildman–Crippen LogP) is 3.39. The van der Waals surface area contributed by atoms with Crippen LogP contribution in [0.3, 0.4) is 0 Å². The summed E-state index contributed by atoms with van der Waals surface area (Å²) in [4.78, 5) is 0. The number of rotatable bonds is 2. The van der Waals surface area contributed by atoms with Crippen molar-refractivity contribution in [1.82, 2.24) is 0 Å². The number of halogens is 3. The zero-order valence-corrected chi connectivity index (χ0v) is 8.66. The molecule has 1 fully saturated rings. The fourth-order valence-electron chi connectivity index (χ4n) is 2.18. The number of alkyl halides is 3. The summed E-state index contributed by atoms with van der Waals surface area (Å²) in [5.41, 5.74) is -1.50. The molecule has 1 unspecified atom stereocenters. The molecule has 1 heterocycles. The van der Waals surface area contributed by atoms with Gasteiger partial charge in [0, 0.05) is 13.2 Å². The van der Waals surface area contributed by atoms with Gasteiger partial charge in [-0.3, -0.25) is 0 Å². The Morgan fingerprint density at radius 3 is 2.14 bits per heavy atom. The van der Waals surface area contributed by atoms with E-state index in [1.807, 2.05) is 6.92 Å². The standard InChI is InChI=1S/C10H17F3O/c1-3-8(2)9(10(11,12)13)4-6-14-7-5-9/h8H,3-7H2,1-2H3. The summed E-state index contributed by atoms with van der Waals surface area (Å²) in [6.07, 6.45) is -3.29. The van der Waals surface area contributed by atoms with Crippen LogP contribution in [0.4, 0.5) is 13.2 Å². The highest BCUT2D eigenvalue weighted by atomic mass is 19.4. The Balaban J connectivity index is 2.88. The first-order valence-electron chi connectivity index (χ1n) is 5.08. The van der Waals surface area contributed by atoms with E-state index in [9.17, 15) is 13.2 Å². The summed E-state index contributed by atoms with van der Waals surface area (Å²) in [6, 6.07) is 0. The molecule has 0 aliphatic carbocycles. The maximum absolute atomic E-state index is 13.0. The lowest BCUT2D eigenvalue weighted by Crippen LogP contribution is -2.47. The van der Waals surface area contributed by atoms with Gasteiger partial charge in [0.25, 0.3) is 0 Å². The molecular weight excluding hydrogens is 193 g/mol. The predicted molar refractivity (Wildman–Crippen MR) is 48.0 cm³/mol. The highest BCUT2D eigenvalue weighted by molar-refractivity contribution is 4.92. The van der Waals surface area contributed by atoms with Crippen LogP contribution in [0.5, 0.6) is 0 Å². The van der Waals surface area contributed by atoms with Gasteiger partial charge in [0.2, 0.25) is 0 Å². The summed E-state index contributed by atoms with van der Waals surface area (Å²) in [5, 5.41) is 0. The van der Waals surface area contributed by atoms with Crippen molar-refractivity contribution in [2.75, 3.05) is 13.2 Å². The van der Waals surface area contributed by atoms with E-state index in [2.05, 4.69) is 0 Å². The molecule has 0 aromatic rings. The molecule has 0 aromatic carbocycles. The first kappa shape index (κ1) is 11.8. The topological polar surface area (TPSA) is 9.23 Å². The van der Waals surface area contributed by atoms with Crippen molar-refractivity contribution in [2.45, 2.75) is 39.3 Å². The van der Waals surface area contributed by atoms with Gasteiger partial charge in [0.05, 0.1) is 5.41 Å². The van der Waals surface area contributed by atoms with Crippen LogP contribution in [0.1, 0.15) is 33.1 Å². The SMILES string of the molecule is CCC(C)C1(C(F)(F)F)CCOCC1. The Kier molecular flexibility index (Phi) is 3.45. The fourth-order valence-corrected chi connectivity index (χ4v) is 2.18. The average molecular weight is 210 g/mol. The summed E-state index contributed by atoms with van der Waals surface area (Å²) >= 11 is 0. The van der Waals surface area contributed by atoms with Crippen LogP contribution in [0.25, 0.3) is 0 Å². The van der Waals surface area contributed by atoms with E-state index in [1.165, 1.54) is 0 Å². The highest BCUT2D eigenvalue weighted by Gasteiger charge is 2.57. The quantitative estimate of drug-likeness (QED) is 0.678. The van der Waals surface area contributed by atoms with Crippen molar-refractivity contribution >= 4 is 0 Å². The zero-order valence-electron chi connectivity index (χ0n) is 8.66. The van der Waals surface area contributed by atoms with E-state index in [0.717, 1.165) is 0 Å². The Bertz CT molecular complexity index is 182. The van der Waals surface area contributed by atoms with Crippen molar-refractivity contribution in [1.29, 1.82) is 0 Å². The second-order valence-electron chi connectivity index (χ2n) is 4.08. The van der Waals surface area contributed by atoms with E-state index in [1.54, 1.807) is 6.92 Å². The van der Waals surface area contributed by atoms with Gasteiger partial charge in [0.15, 0.2) is 0 Å². The molecule has 0 saturated carbocycles. The second-order valence-corrected chi connectivity index (χ2v) is 4.08. The smallest absolute Gasteiger partial charge is 0.381 e. The second kappa shape index (κ2) is 4.09. The van der Waals surface area contributed by atoms with Gasteiger partial charge in [0.1, 0.15) is 0 Å². The van der Waals surface area contributed by atoms with Crippen molar-refractivity contribution in [3.05, 3.63) is 0 Å². The Morgan fingerprint density at radius 2 is 1.79 bits per heavy atom. The molecule has 1 aliphatic heterocycles. The minimum absolute atomic E-state index is 0.117. The average Bonchev–Trinajstić information content (AvgIpc) is 2.16. The zero-order chi connectivity index (χ0) is 10.8. The molecule has 0 bridgehead atoms. The van der Waals surface area contributed by atoms with Gasteiger partial charge < -0.3 is 4.74 Å². The van der Waals surface area contributed by atoms with Gasteiger partial charge >= 0.3 is 6.18 Å². The van der Waals surface area contributed by atoms with Crippen molar-refractivity contribution < 1.29 is 17.9 Å². The third kappa shape index (κ3) is 1.90. The van der Waals surface area contributed by atoms with Crippen LogP contribution >= 0.6 is 0 Å². The van der Waals surface area contributed by atoms with Gasteiger partial charge in [-0.15, -0.1) is 0 Å². The normalized spacial score (nSPS) is 24.6. The molecular formula is C10H17F3O. The minimum Gasteiger partial charge on any atom is -0.381 e. The largest absolute Gasteiger partial charge is 0.394 e. The van der Waals surface area contributed by atoms with E-state index < -0.39 is 11.6 Å². The first-order chi connectivity index (χ1) is 6.44. The maximum atomic E-state index is 13.0. The minimum atomic E-state index is -4.09. The summed E-state index contributed by atoms with van der Waals surface area (Å²) in [7, 11) is 0. The van der Waals surface area contributed by atoms with Crippen LogP contribution in [0.15, 0.2) is 0 Å². The molecule has 0 aromatic heterocycles. The number of hydrogen-bond acceptors (Lipinski definition) is 1. The molecule has 1 rings (SSSR count). The van der Waals surface area contributed by atoms with Gasteiger partial charge in [-0.1, -0.05) is 20.3 Å². The lowest BCUT2D eigenvalue weighted by Gasteiger charge is -2.43. The van der Waals surface area contributed by atoms with Crippen LogP contribution in [-0.2, 0) is 4.74 Å². The van der Waals surface area contributed by atoms with Crippen molar-refractivity contribution in [3.63, 3.8) is 0 Å². The highest BCUT2D eigenvalue weighted by Crippen LogP contribution is 2.51. The molecule has 0 spiro atoms. The summed E-state index contributed by atoms with van der Waals surface area (Å²) < 4.78 is 43.9. The van der Waals surface area contributed by atoms with E-state index in [-0.39, 0.29) is 32.0 Å². The Hall–Kier alpha value is -0.250. The summed E-state index contributed by atoms with van der Waals surface area (Å²) in [5.74, 6) is -0.314. The van der Waals surface area contributed by atoms with Crippen molar-refractivity contribution in [3.8, 4) is 0 Å². The third-order valence-electron chi connectivity index (χ3n) is 3.51. The first-order valence-corrected chi connectivity index (χ1v) is 5.08. The molecule has 0 amide bonds. The molecule has 1 saturated heterocycles. The van der Waals surface area contributed by atoms with Crippen LogP contribution < -0.4 is 0 Å². The summed E-state index contributed by atoms with van der Waals surface area (Å²) in [6.45, 7) is 3.99. The molecule has 1 atom stereocenters. The third-order valence-corrected chi connectivity index (χ3v) is 3.51. The molecule has 14 heavy (non-hydrogen) atoms. The molecule has 0 N–H and O–H groups in total. The number of ether oxygens (including phenoxy) is 1. The fraction of sp³-hybridized carbons (Fsp3) is 1.00. The van der Waals surface area contributed by atoms with E-state index in [4.69, 9.17) is 4.74 Å². The van der Waals surface area contributed by atoms with Gasteiger partial charge in [-0.05, 0) is 18.8 Å². The monoisotopic (exact) mass is 210 g/mol. The van der Waals surface area contributed by atoms with Gasteiger partial charge in [-0.25, -0.2) is 0 Å². The van der Waals surface area contributed by atoms with Crippen LogP contribution in [0, 0.1) is 11.3 Å². The lowest BCUT2D eigenvalue weighted by atomic mass is 9.69. The van der Waals surface area contributed by atoms with Crippen LogP contribution in [-0.4, -0.2) is 19.4 Å². The Morgan fingerprint density at radius 1 is 1.29 bits per heavy atom. The molecule has 4 heteroatoms. The van der Waals surface area contributed by atoms with Crippen LogP contribution in [0.2, 0.25) is 0 Å². The number of hydrogen-bond donors (Lipinski definition) is 0. The van der Waals surface area contributed by atoms with Gasteiger partial charge in [-0.2, -0.15) is 13.2 Å². The van der Waals surface area contributed by atoms with E-state index >= 15 is 0 Å². The molecule has 1 nitrogen and oxygen atoms in total. The molecule has 0 radical (unpaired) electrons. The maximum Gasteiger partial charge on any atom is 0.394 e. The molecule has 1 aliphatic rings. The lowest BCUT2D eigenvalue weighted by molar-refractivity contribution is -0.263. The van der Waals surface area contributed by atoms with E-state index in [0.29, 0.717) is 6.42 Å². The molecule has 84 valence electrons. The van der Waals surface area contributed by atoms with Crippen molar-refractivity contribution in [2.24, 2.45) is 11.3 Å².